The van der Waals surface area contributed by atoms with E-state index in [4.69, 9.17) is 16.3 Å². The first-order valence-corrected chi connectivity index (χ1v) is 14.4. The summed E-state index contributed by atoms with van der Waals surface area (Å²) in [7, 11) is -2.48. The molecule has 8 nitrogen and oxygen atoms in total. The lowest BCUT2D eigenvalue weighted by atomic mass is 10.2. The molecule has 0 N–H and O–H groups in total. The van der Waals surface area contributed by atoms with Crippen molar-refractivity contribution in [3.05, 3.63) is 87.7 Å². The number of hydrogen-bond donors (Lipinski definition) is 0. The summed E-state index contributed by atoms with van der Waals surface area (Å²) in [6.07, 6.45) is 0.633. The Morgan fingerprint density at radius 2 is 1.66 bits per heavy atom. The molecule has 1 fully saturated rings. The first-order chi connectivity index (χ1) is 18.3. The highest BCUT2D eigenvalue weighted by molar-refractivity contribution is 7.90. The number of ether oxygens (including phenoxy) is 1. The van der Waals surface area contributed by atoms with Gasteiger partial charge in [0.1, 0.15) is 5.75 Å². The van der Waals surface area contributed by atoms with Gasteiger partial charge in [0.2, 0.25) is 0 Å². The third kappa shape index (κ3) is 5.18. The van der Waals surface area contributed by atoms with Gasteiger partial charge < -0.3 is 9.64 Å². The van der Waals surface area contributed by atoms with Gasteiger partial charge in [0.15, 0.2) is 0 Å². The van der Waals surface area contributed by atoms with Gasteiger partial charge in [-0.2, -0.15) is 12.5 Å². The Bertz CT molecular complexity index is 1600. The van der Waals surface area contributed by atoms with Crippen molar-refractivity contribution in [1.82, 2.24) is 13.7 Å². The minimum atomic E-state index is -4.00. The van der Waals surface area contributed by atoms with Crippen LogP contribution in [-0.4, -0.2) is 61.9 Å². The fourth-order valence-electron chi connectivity index (χ4n) is 4.94. The molecule has 4 aromatic rings. The van der Waals surface area contributed by atoms with Crippen LogP contribution >= 0.6 is 11.6 Å². The fraction of sp³-hybridized carbons (Fsp3) is 0.321. The monoisotopic (exact) mass is 554 g/mol. The predicted octanol–water partition coefficient (Wildman–Crippen LogP) is 4.22. The topological polar surface area (TPSA) is 76.8 Å². The quantitative estimate of drug-likeness (QED) is 0.324. The Hall–Kier alpha value is -3.27. The predicted molar refractivity (Wildman–Crippen MR) is 151 cm³/mol. The number of anilines is 1. The van der Waals surface area contributed by atoms with E-state index in [1.54, 1.807) is 42.5 Å². The van der Waals surface area contributed by atoms with Gasteiger partial charge in [-0.25, -0.2) is 4.68 Å². The summed E-state index contributed by atoms with van der Waals surface area (Å²) in [5.41, 5.74) is 2.07. The van der Waals surface area contributed by atoms with Crippen molar-refractivity contribution in [3.63, 3.8) is 0 Å². The zero-order valence-corrected chi connectivity index (χ0v) is 23.1. The van der Waals surface area contributed by atoms with Gasteiger partial charge >= 0.3 is 0 Å². The number of aryl methyl sites for hydroxylation is 1. The molecule has 0 bridgehead atoms. The second-order valence-electron chi connectivity index (χ2n) is 9.53. The van der Waals surface area contributed by atoms with Crippen LogP contribution in [0.15, 0.2) is 76.4 Å². The van der Waals surface area contributed by atoms with E-state index in [-0.39, 0.29) is 17.0 Å². The molecular formula is C28H31ClN4O4S. The molecular weight excluding hydrogens is 524 g/mol. The highest BCUT2D eigenvalue weighted by Gasteiger charge is 2.26. The molecule has 0 unspecified atom stereocenters. The van der Waals surface area contributed by atoms with Crippen LogP contribution < -0.4 is 15.2 Å². The van der Waals surface area contributed by atoms with E-state index in [1.807, 2.05) is 25.1 Å². The number of benzene rings is 3. The van der Waals surface area contributed by atoms with E-state index in [2.05, 4.69) is 15.9 Å². The second-order valence-corrected chi connectivity index (χ2v) is 11.7. The minimum absolute atomic E-state index is 0.140. The van der Waals surface area contributed by atoms with E-state index < -0.39 is 10.0 Å². The van der Waals surface area contributed by atoms with E-state index in [9.17, 15) is 13.2 Å². The zero-order chi connectivity index (χ0) is 26.9. The van der Waals surface area contributed by atoms with Gasteiger partial charge in [0, 0.05) is 50.0 Å². The van der Waals surface area contributed by atoms with E-state index >= 15 is 0 Å². The number of rotatable bonds is 8. The Balaban J connectivity index is 1.37. The van der Waals surface area contributed by atoms with Crippen molar-refractivity contribution < 1.29 is 13.2 Å². The van der Waals surface area contributed by atoms with Crippen LogP contribution in [0.1, 0.15) is 12.0 Å². The maximum absolute atomic E-state index is 13.8. The highest BCUT2D eigenvalue weighted by atomic mass is 35.5. The number of halogens is 1. The Morgan fingerprint density at radius 1 is 0.921 bits per heavy atom. The summed E-state index contributed by atoms with van der Waals surface area (Å²) in [6, 6.07) is 19.5. The van der Waals surface area contributed by atoms with Crippen LogP contribution in [0.5, 0.6) is 5.75 Å². The molecule has 1 aliphatic rings. The highest BCUT2D eigenvalue weighted by Crippen LogP contribution is 2.24. The summed E-state index contributed by atoms with van der Waals surface area (Å²) < 4.78 is 35.3. The number of hydrogen-bond acceptors (Lipinski definition) is 6. The minimum Gasteiger partial charge on any atom is -0.497 e. The van der Waals surface area contributed by atoms with Crippen molar-refractivity contribution in [2.75, 3.05) is 44.7 Å². The third-order valence-corrected chi connectivity index (χ3v) is 8.98. The summed E-state index contributed by atoms with van der Waals surface area (Å²) in [5, 5.41) is 1.04. The first kappa shape index (κ1) is 26.3. The molecule has 0 radical (unpaired) electrons. The molecule has 0 spiro atoms. The molecule has 1 aliphatic heterocycles. The van der Waals surface area contributed by atoms with E-state index in [1.165, 1.54) is 11.8 Å². The smallest absolute Gasteiger partial charge is 0.282 e. The summed E-state index contributed by atoms with van der Waals surface area (Å²) in [6.45, 7) is 6.44. The van der Waals surface area contributed by atoms with Crippen molar-refractivity contribution in [2.24, 2.45) is 0 Å². The van der Waals surface area contributed by atoms with Crippen LogP contribution in [0, 0.1) is 6.92 Å². The van der Waals surface area contributed by atoms with Crippen molar-refractivity contribution in [3.8, 4) is 5.75 Å². The molecule has 1 aromatic heterocycles. The third-order valence-electron chi connectivity index (χ3n) is 7.03. The largest absolute Gasteiger partial charge is 0.497 e. The van der Waals surface area contributed by atoms with Crippen LogP contribution in [0.2, 0.25) is 5.02 Å². The lowest BCUT2D eigenvalue weighted by Crippen LogP contribution is -2.46. The number of piperazine rings is 1. The van der Waals surface area contributed by atoms with Crippen molar-refractivity contribution in [1.29, 1.82) is 0 Å². The average molecular weight is 555 g/mol. The number of methoxy groups -OCH3 is 1. The lowest BCUT2D eigenvalue weighted by molar-refractivity contribution is 0.248. The first-order valence-electron chi connectivity index (χ1n) is 12.6. The molecule has 2 heterocycles. The van der Waals surface area contributed by atoms with Gasteiger partial charge in [-0.05, 0) is 61.9 Å². The van der Waals surface area contributed by atoms with Gasteiger partial charge in [-0.15, -0.1) is 0 Å². The number of aromatic nitrogens is 2. The van der Waals surface area contributed by atoms with Crippen LogP contribution in [0.4, 0.5) is 5.69 Å². The summed E-state index contributed by atoms with van der Waals surface area (Å²) >= 11 is 6.15. The van der Waals surface area contributed by atoms with E-state index in [0.717, 1.165) is 53.1 Å². The average Bonchev–Trinajstić information content (AvgIpc) is 3.20. The molecule has 38 heavy (non-hydrogen) atoms. The molecule has 0 aliphatic carbocycles. The van der Waals surface area contributed by atoms with Crippen LogP contribution in [0.3, 0.4) is 0 Å². The standard InChI is InChI=1S/C28H31ClN4O4S/c1-21-7-10-25(11-8-21)38(35,36)33-27-12-9-24(37-2)20-26(27)28(34)32(33)14-4-13-30-15-17-31(18-16-30)23-6-3-5-22(29)19-23/h3,5-12,19-20H,4,13-18H2,1-2H3. The van der Waals surface area contributed by atoms with Crippen molar-refractivity contribution in [2.45, 2.75) is 24.8 Å². The Morgan fingerprint density at radius 3 is 2.34 bits per heavy atom. The van der Waals surface area contributed by atoms with Gasteiger partial charge in [-0.1, -0.05) is 35.4 Å². The molecule has 10 heteroatoms. The molecule has 1 saturated heterocycles. The molecule has 0 saturated carbocycles. The van der Waals surface area contributed by atoms with E-state index in [0.29, 0.717) is 23.1 Å². The van der Waals surface area contributed by atoms with Gasteiger partial charge in [0.05, 0.1) is 22.9 Å². The number of nitrogens with zero attached hydrogens (tertiary/aromatic N) is 4. The van der Waals surface area contributed by atoms with Crippen LogP contribution in [-0.2, 0) is 16.6 Å². The Kier molecular flexibility index (Phi) is 7.52. The number of fused-ring (bicyclic) bond motifs is 1. The second kappa shape index (κ2) is 10.8. The van der Waals surface area contributed by atoms with Gasteiger partial charge in [0.25, 0.3) is 15.6 Å². The maximum Gasteiger partial charge on any atom is 0.282 e. The summed E-state index contributed by atoms with van der Waals surface area (Å²) in [4.78, 5) is 18.2. The molecule has 3 aromatic carbocycles. The summed E-state index contributed by atoms with van der Waals surface area (Å²) in [5.74, 6) is 0.504. The maximum atomic E-state index is 13.8. The lowest BCUT2D eigenvalue weighted by Gasteiger charge is -2.36. The molecule has 5 rings (SSSR count). The molecule has 200 valence electrons. The van der Waals surface area contributed by atoms with Gasteiger partial charge in [-0.3, -0.25) is 9.69 Å². The Labute approximate surface area is 227 Å². The van der Waals surface area contributed by atoms with Crippen molar-refractivity contribution >= 4 is 38.2 Å². The fourth-order valence-corrected chi connectivity index (χ4v) is 6.64. The SMILES string of the molecule is COc1ccc2c(c1)c(=O)n(CCCN1CCN(c3cccc(Cl)c3)CC1)n2S(=O)(=O)c1ccc(C)cc1. The van der Waals surface area contributed by atoms with Crippen LogP contribution in [0.25, 0.3) is 10.9 Å². The zero-order valence-electron chi connectivity index (χ0n) is 21.5. The molecule has 0 amide bonds. The normalized spacial score (nSPS) is 14.8. The molecule has 0 atom stereocenters.